The van der Waals surface area contributed by atoms with Gasteiger partial charge in [0.25, 0.3) is 0 Å². The van der Waals surface area contributed by atoms with Crippen molar-refractivity contribution in [2.24, 2.45) is 0 Å². The molecule has 60 valence electrons. The lowest BCUT2D eigenvalue weighted by molar-refractivity contribution is 0.150. The molecule has 0 radical (unpaired) electrons. The Morgan fingerprint density at radius 1 is 1.60 bits per heavy atom. The Morgan fingerprint density at radius 2 is 2.30 bits per heavy atom. The van der Waals surface area contributed by atoms with Crippen LogP contribution in [0.3, 0.4) is 0 Å². The molecule has 0 aromatic rings. The Morgan fingerprint density at radius 3 is 2.80 bits per heavy atom. The van der Waals surface area contributed by atoms with E-state index in [-0.39, 0.29) is 0 Å². The largest absolute Gasteiger partial charge is 0.380 e. The molecule has 0 aromatic heterocycles. The van der Waals surface area contributed by atoms with Crippen molar-refractivity contribution in [1.82, 2.24) is 0 Å². The van der Waals surface area contributed by atoms with Gasteiger partial charge in [0.05, 0.1) is 12.4 Å². The van der Waals surface area contributed by atoms with E-state index in [1.165, 1.54) is 5.41 Å². The first kappa shape index (κ1) is 9.85. The van der Waals surface area contributed by atoms with Crippen LogP contribution in [0.2, 0.25) is 0 Å². The minimum Gasteiger partial charge on any atom is -0.380 e. The van der Waals surface area contributed by atoms with Gasteiger partial charge in [-0.15, -0.1) is 0 Å². The standard InChI is InChI=1S/C7H14O2S/c1-3-5-9-6-7-10(8)4-2/h4H,2-3,5-7H2,1H3. The van der Waals surface area contributed by atoms with E-state index in [4.69, 9.17) is 4.74 Å². The van der Waals surface area contributed by atoms with E-state index < -0.39 is 10.8 Å². The molecule has 0 aliphatic heterocycles. The van der Waals surface area contributed by atoms with Crippen molar-refractivity contribution in [3.8, 4) is 0 Å². The summed E-state index contributed by atoms with van der Waals surface area (Å²) in [5, 5.41) is 1.44. The van der Waals surface area contributed by atoms with E-state index in [0.717, 1.165) is 13.0 Å². The van der Waals surface area contributed by atoms with Crippen LogP contribution in [0.15, 0.2) is 12.0 Å². The Labute approximate surface area is 64.7 Å². The summed E-state index contributed by atoms with van der Waals surface area (Å²) in [5.74, 6) is 0.573. The average Bonchev–Trinajstić information content (AvgIpc) is 1.98. The van der Waals surface area contributed by atoms with Gasteiger partial charge in [-0.1, -0.05) is 13.5 Å². The van der Waals surface area contributed by atoms with E-state index >= 15 is 0 Å². The van der Waals surface area contributed by atoms with Crippen LogP contribution in [-0.2, 0) is 15.5 Å². The highest BCUT2D eigenvalue weighted by molar-refractivity contribution is 7.87. The summed E-state index contributed by atoms with van der Waals surface area (Å²) in [6.45, 7) is 6.78. The van der Waals surface area contributed by atoms with Crippen molar-refractivity contribution in [2.75, 3.05) is 19.0 Å². The van der Waals surface area contributed by atoms with Crippen LogP contribution in [-0.4, -0.2) is 23.2 Å². The SMILES string of the molecule is C=CS(=O)CCOCCC. The van der Waals surface area contributed by atoms with Gasteiger partial charge in [-0.05, 0) is 11.8 Å². The lowest BCUT2D eigenvalue weighted by atomic mass is 10.5. The fraction of sp³-hybridized carbons (Fsp3) is 0.714. The summed E-state index contributed by atoms with van der Waals surface area (Å²) >= 11 is 0. The Kier molecular flexibility index (Phi) is 6.86. The van der Waals surface area contributed by atoms with E-state index in [1.807, 2.05) is 6.92 Å². The maximum atomic E-state index is 10.7. The number of hydrogen-bond donors (Lipinski definition) is 0. The topological polar surface area (TPSA) is 26.3 Å². The molecule has 1 unspecified atom stereocenters. The number of rotatable bonds is 6. The third-order valence-corrected chi connectivity index (χ3v) is 1.90. The predicted molar refractivity (Wildman–Crippen MR) is 44.3 cm³/mol. The van der Waals surface area contributed by atoms with E-state index in [1.54, 1.807) is 0 Å². The maximum absolute atomic E-state index is 10.7. The predicted octanol–water partition coefficient (Wildman–Crippen LogP) is 1.31. The molecule has 0 N–H and O–H groups in total. The molecular weight excluding hydrogens is 148 g/mol. The fourth-order valence-corrected chi connectivity index (χ4v) is 0.920. The van der Waals surface area contributed by atoms with Crippen LogP contribution < -0.4 is 0 Å². The zero-order chi connectivity index (χ0) is 7.82. The van der Waals surface area contributed by atoms with Gasteiger partial charge in [-0.2, -0.15) is 0 Å². The highest BCUT2D eigenvalue weighted by Gasteiger charge is 1.91. The molecule has 0 bridgehead atoms. The molecule has 0 heterocycles. The van der Waals surface area contributed by atoms with E-state index in [2.05, 4.69) is 6.58 Å². The summed E-state index contributed by atoms with van der Waals surface area (Å²) in [6, 6.07) is 0. The van der Waals surface area contributed by atoms with Crippen LogP contribution in [0, 0.1) is 0 Å². The quantitative estimate of drug-likeness (QED) is 0.550. The molecule has 0 spiro atoms. The molecule has 0 fully saturated rings. The number of hydrogen-bond acceptors (Lipinski definition) is 2. The van der Waals surface area contributed by atoms with Gasteiger partial charge in [-0.3, -0.25) is 4.21 Å². The molecule has 0 aromatic carbocycles. The lowest BCUT2D eigenvalue weighted by Crippen LogP contribution is -2.04. The average molecular weight is 162 g/mol. The zero-order valence-corrected chi connectivity index (χ0v) is 7.15. The smallest absolute Gasteiger partial charge is 0.0584 e. The van der Waals surface area contributed by atoms with Crippen molar-refractivity contribution in [3.05, 3.63) is 12.0 Å². The molecule has 0 aliphatic rings. The minimum atomic E-state index is -0.892. The Balaban J connectivity index is 3.03. The maximum Gasteiger partial charge on any atom is 0.0584 e. The molecule has 0 amide bonds. The third kappa shape index (κ3) is 5.98. The first-order valence-electron chi connectivity index (χ1n) is 3.38. The lowest BCUT2D eigenvalue weighted by Gasteiger charge is -1.98. The van der Waals surface area contributed by atoms with Crippen LogP contribution in [0.25, 0.3) is 0 Å². The van der Waals surface area contributed by atoms with E-state index in [9.17, 15) is 4.21 Å². The second kappa shape index (κ2) is 6.96. The molecular formula is C7H14O2S. The first-order valence-corrected chi connectivity index (χ1v) is 4.77. The first-order chi connectivity index (χ1) is 4.81. The highest BCUT2D eigenvalue weighted by atomic mass is 32.2. The summed E-state index contributed by atoms with van der Waals surface area (Å²) in [6.07, 6.45) is 1.01. The van der Waals surface area contributed by atoms with Gasteiger partial charge in [-0.25, -0.2) is 0 Å². The van der Waals surface area contributed by atoms with Crippen LogP contribution in [0.5, 0.6) is 0 Å². The van der Waals surface area contributed by atoms with Gasteiger partial charge in [0.2, 0.25) is 0 Å². The summed E-state index contributed by atoms with van der Waals surface area (Å²) in [5.41, 5.74) is 0. The minimum absolute atomic E-state index is 0.573. The van der Waals surface area contributed by atoms with Gasteiger partial charge in [0, 0.05) is 17.4 Å². The third-order valence-electron chi connectivity index (χ3n) is 0.963. The molecule has 2 nitrogen and oxygen atoms in total. The van der Waals surface area contributed by atoms with Gasteiger partial charge >= 0.3 is 0 Å². The summed E-state index contributed by atoms with van der Waals surface area (Å²) in [4.78, 5) is 0. The molecule has 0 aliphatic carbocycles. The van der Waals surface area contributed by atoms with Gasteiger partial charge < -0.3 is 4.74 Å². The number of ether oxygens (including phenoxy) is 1. The van der Waals surface area contributed by atoms with Crippen molar-refractivity contribution < 1.29 is 8.95 Å². The molecule has 3 heteroatoms. The molecule has 0 saturated heterocycles. The van der Waals surface area contributed by atoms with Gasteiger partial charge in [0.15, 0.2) is 0 Å². The van der Waals surface area contributed by atoms with Crippen molar-refractivity contribution >= 4 is 10.8 Å². The zero-order valence-electron chi connectivity index (χ0n) is 6.34. The van der Waals surface area contributed by atoms with Crippen molar-refractivity contribution in [1.29, 1.82) is 0 Å². The second-order valence-corrected chi connectivity index (χ2v) is 3.37. The second-order valence-electron chi connectivity index (χ2n) is 1.86. The summed E-state index contributed by atoms with van der Waals surface area (Å²) < 4.78 is 15.8. The Bertz CT molecular complexity index is 112. The van der Waals surface area contributed by atoms with Gasteiger partial charge in [0.1, 0.15) is 0 Å². The fourth-order valence-electron chi connectivity index (χ4n) is 0.471. The molecule has 10 heavy (non-hydrogen) atoms. The Hall–Kier alpha value is -0.150. The van der Waals surface area contributed by atoms with Crippen molar-refractivity contribution in [3.63, 3.8) is 0 Å². The monoisotopic (exact) mass is 162 g/mol. The summed E-state index contributed by atoms with van der Waals surface area (Å²) in [7, 11) is -0.892. The van der Waals surface area contributed by atoms with Crippen LogP contribution in [0.1, 0.15) is 13.3 Å². The molecule has 1 atom stereocenters. The van der Waals surface area contributed by atoms with Crippen LogP contribution in [0.4, 0.5) is 0 Å². The van der Waals surface area contributed by atoms with Crippen LogP contribution >= 0.6 is 0 Å². The van der Waals surface area contributed by atoms with E-state index in [0.29, 0.717) is 12.4 Å². The molecule has 0 rings (SSSR count). The molecule has 0 saturated carbocycles. The normalized spacial score (nSPS) is 12.9. The highest BCUT2D eigenvalue weighted by Crippen LogP contribution is 1.85. The van der Waals surface area contributed by atoms with Crippen molar-refractivity contribution in [2.45, 2.75) is 13.3 Å².